The van der Waals surface area contributed by atoms with Gasteiger partial charge < -0.3 is 15.4 Å². The molecule has 5 rings (SSSR count). The number of pyridine rings is 1. The lowest BCUT2D eigenvalue weighted by atomic mass is 10.1. The van der Waals surface area contributed by atoms with Crippen molar-refractivity contribution >= 4 is 32.4 Å². The van der Waals surface area contributed by atoms with E-state index in [9.17, 15) is 12.8 Å². The number of nitrogens with zero attached hydrogens (tertiary/aromatic N) is 3. The Bertz CT molecular complexity index is 1480. The number of hydrogen-bond donors (Lipinski definition) is 1. The maximum Gasteiger partial charge on any atom is 0.268 e. The van der Waals surface area contributed by atoms with Gasteiger partial charge in [0.25, 0.3) is 10.0 Å². The first-order valence-electron chi connectivity index (χ1n) is 11.0. The lowest BCUT2D eigenvalue weighted by Crippen LogP contribution is -2.44. The summed E-state index contributed by atoms with van der Waals surface area (Å²) in [6.07, 6.45) is 1.44. The van der Waals surface area contributed by atoms with Gasteiger partial charge in [-0.1, -0.05) is 17.7 Å². The van der Waals surface area contributed by atoms with E-state index in [1.807, 2.05) is 13.8 Å². The molecule has 7 nitrogen and oxygen atoms in total. The van der Waals surface area contributed by atoms with E-state index in [0.29, 0.717) is 47.9 Å². The predicted molar refractivity (Wildman–Crippen MR) is 131 cm³/mol. The molecule has 9 heteroatoms. The molecule has 0 radical (unpaired) electrons. The highest BCUT2D eigenvalue weighted by molar-refractivity contribution is 7.90. The van der Waals surface area contributed by atoms with Gasteiger partial charge in [0.15, 0.2) is 0 Å². The first kappa shape index (κ1) is 22.4. The molecular formula is C25H25FN4O3S. The molecule has 34 heavy (non-hydrogen) atoms. The van der Waals surface area contributed by atoms with Gasteiger partial charge in [0.1, 0.15) is 11.6 Å². The molecule has 0 bridgehead atoms. The van der Waals surface area contributed by atoms with Crippen LogP contribution in [0.1, 0.15) is 12.5 Å². The number of morpholine rings is 1. The highest BCUT2D eigenvalue weighted by atomic mass is 32.2. The van der Waals surface area contributed by atoms with Gasteiger partial charge in [0.05, 0.1) is 35.4 Å². The number of aryl methyl sites for hydroxylation is 1. The first-order chi connectivity index (χ1) is 16.2. The normalized spacial score (nSPS) is 16.8. The number of ether oxygens (including phenoxy) is 1. The zero-order valence-corrected chi connectivity index (χ0v) is 19.7. The first-order valence-corrected chi connectivity index (χ1v) is 12.4. The number of hydrogen-bond acceptors (Lipinski definition) is 6. The van der Waals surface area contributed by atoms with Gasteiger partial charge in [-0.3, -0.25) is 0 Å². The number of rotatable bonds is 4. The van der Waals surface area contributed by atoms with Gasteiger partial charge in [0, 0.05) is 35.4 Å². The fraction of sp³-hybridized carbons (Fsp3) is 0.240. The minimum atomic E-state index is -3.91. The average Bonchev–Trinajstić information content (AvgIpc) is 3.23. The molecule has 3 heterocycles. The smallest absolute Gasteiger partial charge is 0.268 e. The number of benzene rings is 2. The van der Waals surface area contributed by atoms with Crippen molar-refractivity contribution in [1.29, 1.82) is 0 Å². The predicted octanol–water partition coefficient (Wildman–Crippen LogP) is 4.20. The summed E-state index contributed by atoms with van der Waals surface area (Å²) in [7, 11) is -3.91. The molecule has 0 aliphatic carbocycles. The zero-order chi connectivity index (χ0) is 24.0. The minimum Gasteiger partial charge on any atom is -0.399 e. The lowest BCUT2D eigenvalue weighted by Gasteiger charge is -2.34. The third kappa shape index (κ3) is 3.91. The van der Waals surface area contributed by atoms with Crippen molar-refractivity contribution in [3.05, 3.63) is 72.2 Å². The fourth-order valence-electron chi connectivity index (χ4n) is 4.32. The van der Waals surface area contributed by atoms with Crippen LogP contribution in [0.25, 0.3) is 22.2 Å². The maximum absolute atomic E-state index is 14.8. The largest absolute Gasteiger partial charge is 0.399 e. The van der Waals surface area contributed by atoms with E-state index in [4.69, 9.17) is 15.5 Å². The van der Waals surface area contributed by atoms with E-state index in [1.54, 1.807) is 42.5 Å². The Morgan fingerprint density at radius 1 is 1.12 bits per heavy atom. The van der Waals surface area contributed by atoms with E-state index in [0.717, 1.165) is 9.54 Å². The van der Waals surface area contributed by atoms with Crippen molar-refractivity contribution in [2.45, 2.75) is 24.8 Å². The Labute approximate surface area is 197 Å². The third-order valence-corrected chi connectivity index (χ3v) is 7.79. The van der Waals surface area contributed by atoms with E-state index >= 15 is 0 Å². The van der Waals surface area contributed by atoms with Gasteiger partial charge in [-0.05, 0) is 50.2 Å². The van der Waals surface area contributed by atoms with Gasteiger partial charge >= 0.3 is 0 Å². The molecule has 1 aliphatic rings. The van der Waals surface area contributed by atoms with E-state index in [2.05, 4.69) is 4.90 Å². The molecule has 1 aliphatic heterocycles. The summed E-state index contributed by atoms with van der Waals surface area (Å²) in [5.41, 5.74) is 8.82. The van der Waals surface area contributed by atoms with Crippen LogP contribution >= 0.6 is 0 Å². The van der Waals surface area contributed by atoms with Crippen LogP contribution in [0.15, 0.2) is 65.7 Å². The van der Waals surface area contributed by atoms with E-state index in [1.165, 1.54) is 18.3 Å². The fourth-order valence-corrected chi connectivity index (χ4v) is 5.66. The molecule has 2 aromatic heterocycles. The van der Waals surface area contributed by atoms with Crippen LogP contribution in [-0.2, 0) is 14.8 Å². The third-order valence-electron chi connectivity index (χ3n) is 6.09. The summed E-state index contributed by atoms with van der Waals surface area (Å²) in [4.78, 5) is 7.01. The highest BCUT2D eigenvalue weighted by Gasteiger charge is 2.24. The number of fused-ring (bicyclic) bond motifs is 1. The molecule has 1 fully saturated rings. The van der Waals surface area contributed by atoms with Gasteiger partial charge in [-0.2, -0.15) is 0 Å². The van der Waals surface area contributed by atoms with Crippen LogP contribution in [-0.4, -0.2) is 43.2 Å². The quantitative estimate of drug-likeness (QED) is 0.471. The van der Waals surface area contributed by atoms with Crippen LogP contribution in [0.2, 0.25) is 0 Å². The van der Waals surface area contributed by atoms with Crippen LogP contribution < -0.4 is 10.6 Å². The second-order valence-corrected chi connectivity index (χ2v) is 10.4. The molecule has 0 saturated carbocycles. The summed E-state index contributed by atoms with van der Waals surface area (Å²) in [6, 6.07) is 14.4. The van der Waals surface area contributed by atoms with Crippen molar-refractivity contribution in [1.82, 2.24) is 8.96 Å². The standard InChI is InChI=1S/C25H25FN4O3S/c1-16-3-5-20(6-4-16)34(31,32)30-8-7-21-22(11-18(26)12-24(21)30)23-13-19(27)14-25(28-23)29-9-10-33-15-17(29)2/h3-8,11-14,17H,9-10,15H2,1-2H3,(H2,27,28)/t17-/m1/s1. The summed E-state index contributed by atoms with van der Waals surface area (Å²) >= 11 is 0. The molecule has 176 valence electrons. The van der Waals surface area contributed by atoms with Crippen molar-refractivity contribution in [3.8, 4) is 11.3 Å². The van der Waals surface area contributed by atoms with Gasteiger partial charge in [-0.25, -0.2) is 21.8 Å². The Kier molecular flexibility index (Phi) is 5.53. The SMILES string of the molecule is Cc1ccc(S(=O)(=O)n2ccc3c(-c4cc(N)cc(N5CCOC[C@H]5C)n4)cc(F)cc32)cc1. The molecule has 4 aromatic rings. The van der Waals surface area contributed by atoms with Gasteiger partial charge in [0.2, 0.25) is 0 Å². The molecular weight excluding hydrogens is 455 g/mol. The van der Waals surface area contributed by atoms with Crippen LogP contribution in [0.4, 0.5) is 15.9 Å². The molecule has 0 spiro atoms. The number of nitrogens with two attached hydrogens (primary N) is 1. The highest BCUT2D eigenvalue weighted by Crippen LogP contribution is 2.34. The number of nitrogen functional groups attached to an aromatic ring is 1. The topological polar surface area (TPSA) is 90.5 Å². The minimum absolute atomic E-state index is 0.115. The lowest BCUT2D eigenvalue weighted by molar-refractivity contribution is 0.0985. The Morgan fingerprint density at radius 2 is 1.88 bits per heavy atom. The van der Waals surface area contributed by atoms with E-state index < -0.39 is 15.8 Å². The summed E-state index contributed by atoms with van der Waals surface area (Å²) in [5.74, 6) is 0.113. The zero-order valence-electron chi connectivity index (χ0n) is 18.9. The molecule has 2 N–H and O–H groups in total. The van der Waals surface area contributed by atoms with Gasteiger partial charge in [-0.15, -0.1) is 0 Å². The number of aromatic nitrogens is 2. The van der Waals surface area contributed by atoms with E-state index in [-0.39, 0.29) is 16.5 Å². The van der Waals surface area contributed by atoms with Crippen molar-refractivity contribution in [2.24, 2.45) is 0 Å². The Hall–Kier alpha value is -3.43. The van der Waals surface area contributed by atoms with Crippen LogP contribution in [0, 0.1) is 12.7 Å². The monoisotopic (exact) mass is 480 g/mol. The summed E-state index contributed by atoms with van der Waals surface area (Å²) < 4.78 is 48.1. The number of anilines is 2. The molecule has 2 aromatic carbocycles. The second-order valence-electron chi connectivity index (χ2n) is 8.58. The molecule has 1 atom stereocenters. The molecule has 0 amide bonds. The summed E-state index contributed by atoms with van der Waals surface area (Å²) in [6.45, 7) is 5.75. The Morgan fingerprint density at radius 3 is 2.62 bits per heavy atom. The van der Waals surface area contributed by atoms with Crippen LogP contribution in [0.3, 0.4) is 0 Å². The molecule has 0 unspecified atom stereocenters. The van der Waals surface area contributed by atoms with Crippen molar-refractivity contribution in [3.63, 3.8) is 0 Å². The average molecular weight is 481 g/mol. The Balaban J connectivity index is 1.65. The van der Waals surface area contributed by atoms with Crippen molar-refractivity contribution < 1.29 is 17.5 Å². The maximum atomic E-state index is 14.8. The summed E-state index contributed by atoms with van der Waals surface area (Å²) in [5, 5.41) is 0.566. The second kappa shape index (κ2) is 8.41. The number of halogens is 1. The van der Waals surface area contributed by atoms with Crippen LogP contribution in [0.5, 0.6) is 0 Å². The van der Waals surface area contributed by atoms with Crippen molar-refractivity contribution in [2.75, 3.05) is 30.4 Å². The molecule has 1 saturated heterocycles.